The Labute approximate surface area is 119 Å². The van der Waals surface area contributed by atoms with E-state index in [1.165, 1.54) is 17.1 Å². The molecule has 0 aromatic carbocycles. The van der Waals surface area contributed by atoms with Crippen LogP contribution in [-0.2, 0) is 19.1 Å². The minimum Gasteiger partial charge on any atom is -0.460 e. The summed E-state index contributed by atoms with van der Waals surface area (Å²) in [5, 5.41) is 0. The third-order valence-corrected chi connectivity index (χ3v) is 2.72. The number of carbonyl (C=O) groups is 3. The van der Waals surface area contributed by atoms with Crippen molar-refractivity contribution in [1.29, 1.82) is 0 Å². The lowest BCUT2D eigenvalue weighted by Gasteiger charge is -2.22. The van der Waals surface area contributed by atoms with Crippen LogP contribution in [0.25, 0.3) is 0 Å². The van der Waals surface area contributed by atoms with Crippen LogP contribution < -0.4 is 0 Å². The first-order chi connectivity index (χ1) is 9.19. The maximum atomic E-state index is 11.6. The van der Waals surface area contributed by atoms with Crippen molar-refractivity contribution in [2.75, 3.05) is 26.7 Å². The van der Waals surface area contributed by atoms with Gasteiger partial charge in [0.2, 0.25) is 0 Å². The molecule has 0 aromatic heterocycles. The summed E-state index contributed by atoms with van der Waals surface area (Å²) in [5.41, 5.74) is -0.476. The molecule has 20 heavy (non-hydrogen) atoms. The van der Waals surface area contributed by atoms with Crippen molar-refractivity contribution >= 4 is 17.8 Å². The van der Waals surface area contributed by atoms with Crippen molar-refractivity contribution in [3.8, 4) is 0 Å². The molecule has 0 radical (unpaired) electrons. The summed E-state index contributed by atoms with van der Waals surface area (Å²) in [6.45, 7) is 6.86. The lowest BCUT2D eigenvalue weighted by molar-refractivity contribution is -0.155. The Kier molecular flexibility index (Phi) is 5.44. The number of rotatable bonds is 6. The van der Waals surface area contributed by atoms with E-state index in [1.807, 2.05) is 32.7 Å². The molecule has 6 nitrogen and oxygen atoms in total. The van der Waals surface area contributed by atoms with Gasteiger partial charge < -0.3 is 9.64 Å². The third kappa shape index (κ3) is 5.52. The number of nitrogens with zero attached hydrogens (tertiary/aromatic N) is 2. The van der Waals surface area contributed by atoms with Crippen molar-refractivity contribution in [1.82, 2.24) is 9.80 Å². The highest BCUT2D eigenvalue weighted by Gasteiger charge is 2.23. The smallest absolute Gasteiger partial charge is 0.307 e. The van der Waals surface area contributed by atoms with Gasteiger partial charge in [0.15, 0.2) is 0 Å². The standard InChI is InChI=1S/C14H22N2O4/c1-14(2,3)20-13(19)7-8-15(4)9-10-16-11(17)5-6-12(16)18/h5-6H,7-10H2,1-4H3. The Morgan fingerprint density at radius 2 is 1.75 bits per heavy atom. The predicted molar refractivity (Wildman–Crippen MR) is 73.8 cm³/mol. The molecule has 1 aliphatic heterocycles. The normalized spacial score (nSPS) is 15.3. The molecule has 1 aliphatic rings. The van der Waals surface area contributed by atoms with Crippen LogP contribution in [0.2, 0.25) is 0 Å². The molecule has 0 unspecified atom stereocenters. The average Bonchev–Trinajstić information content (AvgIpc) is 2.62. The number of esters is 1. The molecule has 112 valence electrons. The molecule has 0 saturated heterocycles. The molecule has 2 amide bonds. The van der Waals surface area contributed by atoms with Gasteiger partial charge in [-0.2, -0.15) is 0 Å². The van der Waals surface area contributed by atoms with Gasteiger partial charge in [0.05, 0.1) is 6.42 Å². The summed E-state index contributed by atoms with van der Waals surface area (Å²) < 4.78 is 5.21. The highest BCUT2D eigenvalue weighted by atomic mass is 16.6. The number of likely N-dealkylation sites (N-methyl/N-ethyl adjacent to an activating group) is 1. The van der Waals surface area contributed by atoms with E-state index >= 15 is 0 Å². The molecule has 0 fully saturated rings. The van der Waals surface area contributed by atoms with Crippen molar-refractivity contribution in [3.63, 3.8) is 0 Å². The van der Waals surface area contributed by atoms with E-state index in [4.69, 9.17) is 4.74 Å². The average molecular weight is 282 g/mol. The van der Waals surface area contributed by atoms with Gasteiger partial charge in [-0.05, 0) is 27.8 Å². The minimum atomic E-state index is -0.476. The topological polar surface area (TPSA) is 66.9 Å². The monoisotopic (exact) mass is 282 g/mol. The van der Waals surface area contributed by atoms with E-state index in [-0.39, 0.29) is 24.2 Å². The summed E-state index contributed by atoms with van der Waals surface area (Å²) >= 11 is 0. The van der Waals surface area contributed by atoms with Gasteiger partial charge in [-0.3, -0.25) is 19.3 Å². The zero-order valence-electron chi connectivity index (χ0n) is 12.5. The molecule has 6 heteroatoms. The van der Waals surface area contributed by atoms with E-state index < -0.39 is 5.60 Å². The molecule has 0 bridgehead atoms. The van der Waals surface area contributed by atoms with Crippen LogP contribution in [-0.4, -0.2) is 59.9 Å². The van der Waals surface area contributed by atoms with E-state index in [9.17, 15) is 14.4 Å². The molecule has 0 saturated carbocycles. The summed E-state index contributed by atoms with van der Waals surface area (Å²) in [4.78, 5) is 37.3. The van der Waals surface area contributed by atoms with Gasteiger partial charge in [0, 0.05) is 31.8 Å². The molecule has 1 heterocycles. The third-order valence-electron chi connectivity index (χ3n) is 2.72. The Balaban J connectivity index is 2.24. The van der Waals surface area contributed by atoms with Gasteiger partial charge >= 0.3 is 5.97 Å². The Morgan fingerprint density at radius 1 is 1.20 bits per heavy atom. The lowest BCUT2D eigenvalue weighted by Crippen LogP contribution is -2.38. The Morgan fingerprint density at radius 3 is 2.25 bits per heavy atom. The second-order valence-corrected chi connectivity index (χ2v) is 5.80. The maximum Gasteiger partial charge on any atom is 0.307 e. The van der Waals surface area contributed by atoms with Crippen LogP contribution in [0.1, 0.15) is 27.2 Å². The highest BCUT2D eigenvalue weighted by molar-refractivity contribution is 6.12. The van der Waals surface area contributed by atoms with Crippen LogP contribution in [0.5, 0.6) is 0 Å². The summed E-state index contributed by atoms with van der Waals surface area (Å²) in [6.07, 6.45) is 2.82. The fraction of sp³-hybridized carbons (Fsp3) is 0.643. The number of imide groups is 1. The van der Waals surface area contributed by atoms with Crippen LogP contribution in [0, 0.1) is 0 Å². The highest BCUT2D eigenvalue weighted by Crippen LogP contribution is 2.08. The molecular weight excluding hydrogens is 260 g/mol. The Bertz CT molecular complexity index is 405. The van der Waals surface area contributed by atoms with Crippen LogP contribution in [0.4, 0.5) is 0 Å². The van der Waals surface area contributed by atoms with E-state index in [1.54, 1.807) is 0 Å². The largest absolute Gasteiger partial charge is 0.460 e. The van der Waals surface area contributed by atoms with Gasteiger partial charge in [-0.25, -0.2) is 0 Å². The van der Waals surface area contributed by atoms with Crippen LogP contribution in [0.3, 0.4) is 0 Å². The number of hydrogen-bond donors (Lipinski definition) is 0. The molecule has 0 N–H and O–H groups in total. The first-order valence-corrected chi connectivity index (χ1v) is 6.63. The summed E-state index contributed by atoms with van der Waals surface area (Å²) in [7, 11) is 1.84. The van der Waals surface area contributed by atoms with Gasteiger partial charge in [0.1, 0.15) is 5.60 Å². The second kappa shape index (κ2) is 6.65. The lowest BCUT2D eigenvalue weighted by atomic mass is 10.2. The minimum absolute atomic E-state index is 0.251. The van der Waals surface area contributed by atoms with Crippen molar-refractivity contribution in [2.24, 2.45) is 0 Å². The summed E-state index contributed by atoms with van der Waals surface area (Å²) in [6, 6.07) is 0. The number of hydrogen-bond acceptors (Lipinski definition) is 5. The molecule has 0 aromatic rings. The number of amides is 2. The van der Waals surface area contributed by atoms with Crippen LogP contribution in [0.15, 0.2) is 12.2 Å². The molecule has 0 spiro atoms. The van der Waals surface area contributed by atoms with Gasteiger partial charge in [0.25, 0.3) is 11.8 Å². The van der Waals surface area contributed by atoms with E-state index in [0.29, 0.717) is 19.6 Å². The maximum absolute atomic E-state index is 11.6. The second-order valence-electron chi connectivity index (χ2n) is 5.80. The SMILES string of the molecule is CN(CCC(=O)OC(C)(C)C)CCN1C(=O)C=CC1=O. The quantitative estimate of drug-likeness (QED) is 0.526. The van der Waals surface area contributed by atoms with Crippen molar-refractivity contribution < 1.29 is 19.1 Å². The van der Waals surface area contributed by atoms with E-state index in [2.05, 4.69) is 0 Å². The first kappa shape index (κ1) is 16.4. The van der Waals surface area contributed by atoms with Crippen molar-refractivity contribution in [3.05, 3.63) is 12.2 Å². The molecule has 1 rings (SSSR count). The van der Waals surface area contributed by atoms with E-state index in [0.717, 1.165) is 0 Å². The zero-order chi connectivity index (χ0) is 15.3. The van der Waals surface area contributed by atoms with Crippen LogP contribution >= 0.6 is 0 Å². The first-order valence-electron chi connectivity index (χ1n) is 6.63. The van der Waals surface area contributed by atoms with Gasteiger partial charge in [-0.15, -0.1) is 0 Å². The molecule has 0 aliphatic carbocycles. The number of carbonyl (C=O) groups excluding carboxylic acids is 3. The Hall–Kier alpha value is -1.69. The molecule has 0 atom stereocenters. The predicted octanol–water partition coefficient (Wildman–Crippen LogP) is 0.575. The van der Waals surface area contributed by atoms with Crippen molar-refractivity contribution in [2.45, 2.75) is 32.8 Å². The molecular formula is C14H22N2O4. The van der Waals surface area contributed by atoms with Gasteiger partial charge in [-0.1, -0.05) is 0 Å². The number of ether oxygens (including phenoxy) is 1. The fourth-order valence-corrected chi connectivity index (χ4v) is 1.71. The fourth-order valence-electron chi connectivity index (χ4n) is 1.71. The zero-order valence-corrected chi connectivity index (χ0v) is 12.5. The summed E-state index contributed by atoms with van der Waals surface area (Å²) in [5.74, 6) is -0.814.